The third kappa shape index (κ3) is 14.9. The maximum Gasteiger partial charge on any atom is 0.317 e. The Bertz CT molecular complexity index is 248. The van der Waals surface area contributed by atoms with Crippen molar-refractivity contribution in [2.45, 2.75) is 13.8 Å². The van der Waals surface area contributed by atoms with Crippen LogP contribution in [-0.2, 0) is 9.59 Å². The van der Waals surface area contributed by atoms with Gasteiger partial charge in [-0.3, -0.25) is 19.4 Å². The van der Waals surface area contributed by atoms with Crippen LogP contribution < -0.4 is 0 Å². The molecule has 0 bridgehead atoms. The van der Waals surface area contributed by atoms with Crippen LogP contribution >= 0.6 is 0 Å². The van der Waals surface area contributed by atoms with E-state index in [0.717, 1.165) is 13.1 Å². The highest BCUT2D eigenvalue weighted by Gasteiger charge is 2.08. The van der Waals surface area contributed by atoms with Gasteiger partial charge in [-0.25, -0.2) is 0 Å². The highest BCUT2D eigenvalue weighted by atomic mass is 16.4. The Morgan fingerprint density at radius 1 is 0.700 bits per heavy atom. The molecule has 0 rings (SSSR count). The van der Waals surface area contributed by atoms with Gasteiger partial charge in [-0.1, -0.05) is 13.8 Å². The summed E-state index contributed by atoms with van der Waals surface area (Å²) in [6.07, 6.45) is 0. The van der Waals surface area contributed by atoms with Gasteiger partial charge in [0, 0.05) is 26.2 Å². The minimum atomic E-state index is -0.832. The summed E-state index contributed by atoms with van der Waals surface area (Å²) >= 11 is 0. The zero-order valence-electron chi connectivity index (χ0n) is 13.3. The number of hydrogen-bond donors (Lipinski definition) is 2. The summed E-state index contributed by atoms with van der Waals surface area (Å²) < 4.78 is 0. The first-order chi connectivity index (χ1) is 9.31. The molecule has 0 saturated carbocycles. The van der Waals surface area contributed by atoms with E-state index in [1.807, 2.05) is 20.9 Å². The van der Waals surface area contributed by atoms with Crippen molar-refractivity contribution in [1.29, 1.82) is 0 Å². The summed E-state index contributed by atoms with van der Waals surface area (Å²) in [6.45, 7) is 6.92. The van der Waals surface area contributed by atoms with Crippen LogP contribution in [0.4, 0.5) is 0 Å². The largest absolute Gasteiger partial charge is 0.480 e. The molecular formula is C13H29N3O4. The van der Waals surface area contributed by atoms with E-state index in [9.17, 15) is 9.59 Å². The molecule has 0 aliphatic carbocycles. The molecule has 0 aliphatic heterocycles. The highest BCUT2D eigenvalue weighted by Crippen LogP contribution is 1.89. The normalized spacial score (nSPS) is 10.6. The molecule has 0 spiro atoms. The minimum absolute atomic E-state index is 0.0345. The minimum Gasteiger partial charge on any atom is -0.480 e. The van der Waals surface area contributed by atoms with Gasteiger partial charge in [0.05, 0.1) is 13.1 Å². The van der Waals surface area contributed by atoms with Crippen molar-refractivity contribution in [1.82, 2.24) is 14.7 Å². The number of carbonyl (C=O) groups is 2. The molecule has 0 unspecified atom stereocenters. The SMILES string of the molecule is CC.CN(CCN(C)CC(=O)O)CCN(C)CC(=O)O. The summed E-state index contributed by atoms with van der Waals surface area (Å²) in [4.78, 5) is 26.4. The lowest BCUT2D eigenvalue weighted by molar-refractivity contribution is -0.138. The summed E-state index contributed by atoms with van der Waals surface area (Å²) in [5.41, 5.74) is 0. The molecule has 0 amide bonds. The van der Waals surface area contributed by atoms with Gasteiger partial charge in [0.1, 0.15) is 0 Å². The number of carboxylic acids is 2. The van der Waals surface area contributed by atoms with Crippen molar-refractivity contribution in [3.05, 3.63) is 0 Å². The van der Waals surface area contributed by atoms with Gasteiger partial charge in [0.15, 0.2) is 0 Å². The molecular weight excluding hydrogens is 262 g/mol. The quantitative estimate of drug-likeness (QED) is 0.585. The average Bonchev–Trinajstić information content (AvgIpc) is 2.34. The Morgan fingerprint density at radius 3 is 1.20 bits per heavy atom. The van der Waals surface area contributed by atoms with Crippen molar-refractivity contribution in [3.8, 4) is 0 Å². The summed E-state index contributed by atoms with van der Waals surface area (Å²) in [5, 5.41) is 17.2. The topological polar surface area (TPSA) is 84.3 Å². The van der Waals surface area contributed by atoms with Crippen molar-refractivity contribution < 1.29 is 19.8 Å². The number of nitrogens with zero attached hydrogens (tertiary/aromatic N) is 3. The fraction of sp³-hybridized carbons (Fsp3) is 0.846. The lowest BCUT2D eigenvalue weighted by atomic mass is 10.4. The fourth-order valence-corrected chi connectivity index (χ4v) is 1.41. The third-order valence-electron chi connectivity index (χ3n) is 2.54. The Morgan fingerprint density at radius 2 is 0.950 bits per heavy atom. The van der Waals surface area contributed by atoms with Crippen LogP contribution in [0.15, 0.2) is 0 Å². The molecule has 0 aromatic heterocycles. The van der Waals surface area contributed by atoms with Crippen LogP contribution in [-0.4, -0.2) is 97.3 Å². The van der Waals surface area contributed by atoms with Gasteiger partial charge >= 0.3 is 11.9 Å². The highest BCUT2D eigenvalue weighted by molar-refractivity contribution is 5.69. The molecule has 2 N–H and O–H groups in total. The van der Waals surface area contributed by atoms with Crippen molar-refractivity contribution in [3.63, 3.8) is 0 Å². The van der Waals surface area contributed by atoms with Crippen LogP contribution in [0.25, 0.3) is 0 Å². The van der Waals surface area contributed by atoms with Gasteiger partial charge in [-0.2, -0.15) is 0 Å². The first kappa shape index (κ1) is 21.1. The summed E-state index contributed by atoms with van der Waals surface area (Å²) in [5.74, 6) is -1.66. The molecule has 0 radical (unpaired) electrons. The first-order valence-corrected chi connectivity index (χ1v) is 6.80. The maximum absolute atomic E-state index is 10.5. The predicted molar refractivity (Wildman–Crippen MR) is 79.1 cm³/mol. The molecule has 0 saturated heterocycles. The lowest BCUT2D eigenvalue weighted by Gasteiger charge is -2.23. The van der Waals surface area contributed by atoms with Gasteiger partial charge in [-0.05, 0) is 21.1 Å². The second-order valence-electron chi connectivity index (χ2n) is 4.57. The number of carboxylic acid groups (broad SMARTS) is 2. The molecule has 0 atom stereocenters. The van der Waals surface area contributed by atoms with Gasteiger partial charge in [-0.15, -0.1) is 0 Å². The molecule has 20 heavy (non-hydrogen) atoms. The van der Waals surface area contributed by atoms with Crippen LogP contribution in [0.3, 0.4) is 0 Å². The lowest BCUT2D eigenvalue weighted by Crippen LogP contribution is -2.38. The summed E-state index contributed by atoms with van der Waals surface area (Å²) in [6, 6.07) is 0. The predicted octanol–water partition coefficient (Wildman–Crippen LogP) is -0.0228. The monoisotopic (exact) mass is 291 g/mol. The van der Waals surface area contributed by atoms with E-state index in [1.54, 1.807) is 23.9 Å². The first-order valence-electron chi connectivity index (χ1n) is 6.80. The van der Waals surface area contributed by atoms with E-state index in [0.29, 0.717) is 13.1 Å². The Labute approximate surface area is 121 Å². The summed E-state index contributed by atoms with van der Waals surface area (Å²) in [7, 11) is 5.46. The third-order valence-corrected chi connectivity index (χ3v) is 2.54. The van der Waals surface area contributed by atoms with Gasteiger partial charge < -0.3 is 15.1 Å². The van der Waals surface area contributed by atoms with Gasteiger partial charge in [0.2, 0.25) is 0 Å². The van der Waals surface area contributed by atoms with E-state index in [-0.39, 0.29) is 13.1 Å². The van der Waals surface area contributed by atoms with E-state index in [4.69, 9.17) is 10.2 Å². The molecule has 0 fully saturated rings. The van der Waals surface area contributed by atoms with Crippen molar-refractivity contribution in [2.24, 2.45) is 0 Å². The number of hydrogen-bond acceptors (Lipinski definition) is 5. The van der Waals surface area contributed by atoms with Crippen LogP contribution in [0.2, 0.25) is 0 Å². The van der Waals surface area contributed by atoms with Gasteiger partial charge in [0.25, 0.3) is 0 Å². The van der Waals surface area contributed by atoms with E-state index in [1.165, 1.54) is 0 Å². The smallest absolute Gasteiger partial charge is 0.317 e. The number of aliphatic carboxylic acids is 2. The second-order valence-corrected chi connectivity index (χ2v) is 4.57. The second kappa shape index (κ2) is 12.8. The number of rotatable bonds is 10. The van der Waals surface area contributed by atoms with E-state index >= 15 is 0 Å². The standard InChI is InChI=1S/C11H23N3O4.C2H6/c1-12(4-6-13(2)8-10(15)16)5-7-14(3)9-11(17)18;1-2/h4-9H2,1-3H3,(H,15,16)(H,17,18);1-2H3. The van der Waals surface area contributed by atoms with Crippen LogP contribution in [0.5, 0.6) is 0 Å². The molecule has 0 aromatic rings. The van der Waals surface area contributed by atoms with Crippen LogP contribution in [0, 0.1) is 0 Å². The molecule has 7 heteroatoms. The maximum atomic E-state index is 10.5. The Hall–Kier alpha value is -1.18. The van der Waals surface area contributed by atoms with Crippen molar-refractivity contribution >= 4 is 11.9 Å². The molecule has 120 valence electrons. The molecule has 0 aromatic carbocycles. The van der Waals surface area contributed by atoms with E-state index < -0.39 is 11.9 Å². The molecule has 0 heterocycles. The Kier molecular flexibility index (Phi) is 13.6. The zero-order valence-corrected chi connectivity index (χ0v) is 13.3. The fourth-order valence-electron chi connectivity index (χ4n) is 1.41. The van der Waals surface area contributed by atoms with Crippen molar-refractivity contribution in [2.75, 3.05) is 60.4 Å². The average molecular weight is 291 g/mol. The number of likely N-dealkylation sites (N-methyl/N-ethyl adjacent to an activating group) is 3. The zero-order chi connectivity index (χ0) is 16.1. The Balaban J connectivity index is 0. The van der Waals surface area contributed by atoms with E-state index in [2.05, 4.69) is 4.90 Å². The molecule has 0 aliphatic rings. The van der Waals surface area contributed by atoms with Crippen LogP contribution in [0.1, 0.15) is 13.8 Å². The molecule has 7 nitrogen and oxygen atoms in total.